The normalized spacial score (nSPS) is 11.7. The molecule has 0 unspecified atom stereocenters. The fourth-order valence-electron chi connectivity index (χ4n) is 7.39. The van der Waals surface area contributed by atoms with E-state index in [1.807, 2.05) is 11.3 Å². The lowest BCUT2D eigenvalue weighted by atomic mass is 9.95. The van der Waals surface area contributed by atoms with Gasteiger partial charge in [0.1, 0.15) is 5.58 Å². The first kappa shape index (κ1) is 27.9. The molecule has 0 N–H and O–H groups in total. The van der Waals surface area contributed by atoms with Gasteiger partial charge in [0.2, 0.25) is 0 Å². The number of hydrogen-bond acceptors (Lipinski definition) is 3. The number of fused-ring (bicyclic) bond motifs is 8. The molecule has 2 nitrogen and oxygen atoms in total. The number of para-hydroxylation sites is 1. The average molecular weight is 644 g/mol. The summed E-state index contributed by atoms with van der Waals surface area (Å²) in [4.78, 5) is 2.35. The minimum Gasteiger partial charge on any atom is -0.454 e. The molecular weight excluding hydrogens is 615 g/mol. The highest BCUT2D eigenvalue weighted by Gasteiger charge is 2.22. The van der Waals surface area contributed by atoms with E-state index in [2.05, 4.69) is 181 Å². The largest absolute Gasteiger partial charge is 0.454 e. The predicted octanol–water partition coefficient (Wildman–Crippen LogP) is 13.9. The van der Waals surface area contributed by atoms with Crippen molar-refractivity contribution in [2.24, 2.45) is 0 Å². The molecule has 10 aromatic rings. The van der Waals surface area contributed by atoms with E-state index in [1.165, 1.54) is 53.2 Å². The van der Waals surface area contributed by atoms with Gasteiger partial charge < -0.3 is 9.32 Å². The van der Waals surface area contributed by atoms with Gasteiger partial charge in [0, 0.05) is 42.3 Å². The summed E-state index contributed by atoms with van der Waals surface area (Å²) in [6, 6.07) is 63.0. The molecule has 0 saturated heterocycles. The second-order valence-electron chi connectivity index (χ2n) is 12.5. The first-order chi connectivity index (χ1) is 24.3. The number of anilines is 3. The van der Waals surface area contributed by atoms with Crippen LogP contribution in [0.15, 0.2) is 180 Å². The second kappa shape index (κ2) is 11.2. The summed E-state index contributed by atoms with van der Waals surface area (Å²) in [5.74, 6) is 0. The maximum Gasteiger partial charge on any atom is 0.159 e. The van der Waals surface area contributed by atoms with Gasteiger partial charge in [-0.1, -0.05) is 127 Å². The standard InChI is InChI=1S/C46H29NOS/c1-3-12-30(13-4-1)31-22-24-33(25-23-31)47(34-26-27-44-40(28-34)36-17-9-10-21-43(36)49-44)41-20-11-19-38-45-37-18-8-7-16-35(37)39(29-42(45)48-46(38)41)32-14-5-2-6-15-32/h1-29H. The highest BCUT2D eigenvalue weighted by Crippen LogP contribution is 2.47. The third-order valence-electron chi connectivity index (χ3n) is 9.66. The fourth-order valence-corrected chi connectivity index (χ4v) is 8.48. The van der Waals surface area contributed by atoms with Crippen LogP contribution in [0.1, 0.15) is 0 Å². The van der Waals surface area contributed by atoms with Gasteiger partial charge in [0.25, 0.3) is 0 Å². The Hall–Kier alpha value is -6.16. The van der Waals surface area contributed by atoms with Crippen molar-refractivity contribution in [3.8, 4) is 22.3 Å². The van der Waals surface area contributed by atoms with Gasteiger partial charge in [-0.2, -0.15) is 0 Å². The van der Waals surface area contributed by atoms with E-state index in [0.717, 1.165) is 39.0 Å². The zero-order chi connectivity index (χ0) is 32.3. The molecule has 10 rings (SSSR count). The Bertz CT molecular complexity index is 2810. The Morgan fingerprint density at radius 3 is 1.82 bits per heavy atom. The molecule has 0 atom stereocenters. The van der Waals surface area contributed by atoms with E-state index in [9.17, 15) is 0 Å². The Labute approximate surface area is 287 Å². The van der Waals surface area contributed by atoms with E-state index >= 15 is 0 Å². The first-order valence-corrected chi connectivity index (χ1v) is 17.4. The summed E-state index contributed by atoms with van der Waals surface area (Å²) in [5.41, 5.74) is 9.66. The molecule has 8 aromatic carbocycles. The topological polar surface area (TPSA) is 16.4 Å². The molecule has 3 heteroatoms. The van der Waals surface area contributed by atoms with Crippen LogP contribution in [0.3, 0.4) is 0 Å². The van der Waals surface area contributed by atoms with Crippen molar-refractivity contribution in [1.29, 1.82) is 0 Å². The Kier molecular flexibility index (Phi) is 6.39. The molecule has 0 amide bonds. The van der Waals surface area contributed by atoms with Crippen LogP contribution in [0.2, 0.25) is 0 Å². The molecule has 0 fully saturated rings. The number of benzene rings is 8. The van der Waals surface area contributed by atoms with Crippen LogP contribution >= 0.6 is 11.3 Å². The van der Waals surface area contributed by atoms with Gasteiger partial charge in [-0.25, -0.2) is 0 Å². The van der Waals surface area contributed by atoms with Crippen molar-refractivity contribution in [3.05, 3.63) is 176 Å². The number of thiophene rings is 1. The third-order valence-corrected chi connectivity index (χ3v) is 10.8. The quantitative estimate of drug-likeness (QED) is 0.186. The van der Waals surface area contributed by atoms with Crippen molar-refractivity contribution >= 4 is 81.3 Å². The van der Waals surface area contributed by atoms with E-state index < -0.39 is 0 Å². The maximum atomic E-state index is 6.97. The van der Waals surface area contributed by atoms with Crippen LogP contribution in [0.4, 0.5) is 17.1 Å². The number of hydrogen-bond donors (Lipinski definition) is 0. The highest BCUT2D eigenvalue weighted by atomic mass is 32.1. The van der Waals surface area contributed by atoms with Crippen molar-refractivity contribution in [2.45, 2.75) is 0 Å². The van der Waals surface area contributed by atoms with Crippen LogP contribution in [0.5, 0.6) is 0 Å². The van der Waals surface area contributed by atoms with Crippen LogP contribution < -0.4 is 4.90 Å². The van der Waals surface area contributed by atoms with Gasteiger partial charge >= 0.3 is 0 Å². The molecule has 0 bridgehead atoms. The minimum atomic E-state index is 0.871. The molecule has 0 aliphatic heterocycles. The maximum absolute atomic E-state index is 6.97. The van der Waals surface area contributed by atoms with Crippen molar-refractivity contribution in [2.75, 3.05) is 4.90 Å². The van der Waals surface area contributed by atoms with Gasteiger partial charge in [0.05, 0.1) is 5.69 Å². The van der Waals surface area contributed by atoms with Gasteiger partial charge in [-0.15, -0.1) is 11.3 Å². The third kappa shape index (κ3) is 4.55. The van der Waals surface area contributed by atoms with Crippen LogP contribution in [0.25, 0.3) is 75.1 Å². The SMILES string of the molecule is c1ccc(-c2ccc(N(c3ccc4sc5ccccc5c4c3)c3cccc4c3oc3cc(-c5ccccc5)c5ccccc5c34)cc2)cc1. The highest BCUT2D eigenvalue weighted by molar-refractivity contribution is 7.25. The summed E-state index contributed by atoms with van der Waals surface area (Å²) < 4.78 is 9.56. The lowest BCUT2D eigenvalue weighted by molar-refractivity contribution is 0.669. The molecule has 2 aromatic heterocycles. The van der Waals surface area contributed by atoms with Gasteiger partial charge in [0.15, 0.2) is 5.58 Å². The van der Waals surface area contributed by atoms with E-state index in [4.69, 9.17) is 4.42 Å². The fraction of sp³-hybridized carbons (Fsp3) is 0. The number of rotatable bonds is 5. The van der Waals surface area contributed by atoms with Crippen molar-refractivity contribution in [3.63, 3.8) is 0 Å². The van der Waals surface area contributed by atoms with Crippen LogP contribution in [-0.2, 0) is 0 Å². The van der Waals surface area contributed by atoms with Crippen molar-refractivity contribution < 1.29 is 4.42 Å². The lowest BCUT2D eigenvalue weighted by Gasteiger charge is -2.26. The second-order valence-corrected chi connectivity index (χ2v) is 13.6. The van der Waals surface area contributed by atoms with Gasteiger partial charge in [-0.05, 0) is 81.6 Å². The van der Waals surface area contributed by atoms with E-state index in [0.29, 0.717) is 0 Å². The van der Waals surface area contributed by atoms with E-state index in [-0.39, 0.29) is 0 Å². The number of furan rings is 1. The zero-order valence-electron chi connectivity index (χ0n) is 26.5. The molecule has 0 aliphatic rings. The molecule has 49 heavy (non-hydrogen) atoms. The molecule has 0 saturated carbocycles. The zero-order valence-corrected chi connectivity index (χ0v) is 27.3. The summed E-state index contributed by atoms with van der Waals surface area (Å²) in [7, 11) is 0. The van der Waals surface area contributed by atoms with Crippen LogP contribution in [0, 0.1) is 0 Å². The monoisotopic (exact) mass is 643 g/mol. The molecule has 2 heterocycles. The smallest absolute Gasteiger partial charge is 0.159 e. The molecule has 230 valence electrons. The summed E-state index contributed by atoms with van der Waals surface area (Å²) >= 11 is 1.84. The molecule has 0 radical (unpaired) electrons. The molecule has 0 spiro atoms. The lowest BCUT2D eigenvalue weighted by Crippen LogP contribution is -2.10. The Morgan fingerprint density at radius 1 is 0.408 bits per heavy atom. The van der Waals surface area contributed by atoms with Crippen molar-refractivity contribution in [1.82, 2.24) is 0 Å². The Balaban J connectivity index is 1.23. The summed E-state index contributed by atoms with van der Waals surface area (Å²) in [5, 5.41) is 7.21. The summed E-state index contributed by atoms with van der Waals surface area (Å²) in [6.45, 7) is 0. The van der Waals surface area contributed by atoms with Gasteiger partial charge in [-0.3, -0.25) is 0 Å². The first-order valence-electron chi connectivity index (χ1n) is 16.6. The summed E-state index contributed by atoms with van der Waals surface area (Å²) in [6.07, 6.45) is 0. The van der Waals surface area contributed by atoms with Crippen LogP contribution in [-0.4, -0.2) is 0 Å². The predicted molar refractivity (Wildman–Crippen MR) is 210 cm³/mol. The minimum absolute atomic E-state index is 0.871. The molecule has 0 aliphatic carbocycles. The van der Waals surface area contributed by atoms with E-state index in [1.54, 1.807) is 0 Å². The Morgan fingerprint density at radius 2 is 1.02 bits per heavy atom. The number of nitrogens with zero attached hydrogens (tertiary/aromatic N) is 1. The molecular formula is C46H29NOS. The average Bonchev–Trinajstić information content (AvgIpc) is 3.74.